The molecule has 0 bridgehead atoms. The molecule has 0 unspecified atom stereocenters. The average molecular weight is 459 g/mol. The number of carbonyl (C=O) groups is 2. The van der Waals surface area contributed by atoms with Crippen LogP contribution in [0.5, 0.6) is 0 Å². The number of aromatic nitrogens is 3. The zero-order valence-corrected chi connectivity index (χ0v) is 18.9. The average Bonchev–Trinajstić information content (AvgIpc) is 3.20. The number of anilines is 2. The molecule has 0 aliphatic heterocycles. The van der Waals surface area contributed by atoms with Crippen LogP contribution >= 0.6 is 11.8 Å². The quantitative estimate of drug-likeness (QED) is 0.391. The molecule has 0 saturated carbocycles. The van der Waals surface area contributed by atoms with Crippen molar-refractivity contribution in [2.24, 2.45) is 7.05 Å². The number of rotatable bonds is 6. The van der Waals surface area contributed by atoms with E-state index in [2.05, 4.69) is 26.0 Å². The van der Waals surface area contributed by atoms with Crippen molar-refractivity contribution >= 4 is 35.2 Å². The first-order chi connectivity index (χ1) is 16.0. The molecule has 33 heavy (non-hydrogen) atoms. The van der Waals surface area contributed by atoms with Gasteiger partial charge in [0.05, 0.1) is 5.69 Å². The highest BCUT2D eigenvalue weighted by Gasteiger charge is 2.11. The fourth-order valence-corrected chi connectivity index (χ4v) is 3.93. The Hall–Kier alpha value is -4.11. The summed E-state index contributed by atoms with van der Waals surface area (Å²) in [5.74, 6) is 0.357. The van der Waals surface area contributed by atoms with E-state index in [4.69, 9.17) is 0 Å². The van der Waals surface area contributed by atoms with E-state index in [9.17, 15) is 9.59 Å². The summed E-state index contributed by atoms with van der Waals surface area (Å²) in [6, 6.07) is 22.3. The fraction of sp³-hybridized carbons (Fsp3) is 0.0833. The number of nitrogens with zero attached hydrogens (tertiary/aromatic N) is 3. The molecule has 3 amide bonds. The third kappa shape index (κ3) is 5.58. The number of urea groups is 1. The molecule has 8 nitrogen and oxygen atoms in total. The van der Waals surface area contributed by atoms with Gasteiger partial charge in [-0.15, -0.1) is 0 Å². The Kier molecular flexibility index (Phi) is 6.70. The van der Waals surface area contributed by atoms with Crippen molar-refractivity contribution in [1.82, 2.24) is 20.1 Å². The van der Waals surface area contributed by atoms with Crippen molar-refractivity contribution in [3.8, 4) is 11.3 Å². The zero-order chi connectivity index (χ0) is 23.2. The summed E-state index contributed by atoms with van der Waals surface area (Å²) in [5, 5.41) is 12.7. The van der Waals surface area contributed by atoms with Crippen LogP contribution in [0.4, 0.5) is 16.3 Å². The Balaban J connectivity index is 1.37. The van der Waals surface area contributed by atoms with Crippen LogP contribution in [0.2, 0.25) is 0 Å². The molecule has 4 aromatic rings. The summed E-state index contributed by atoms with van der Waals surface area (Å²) >= 11 is 1.50. The maximum Gasteiger partial charge on any atom is 0.324 e. The number of pyridine rings is 1. The predicted molar refractivity (Wildman–Crippen MR) is 129 cm³/mol. The Morgan fingerprint density at radius 2 is 1.67 bits per heavy atom. The van der Waals surface area contributed by atoms with E-state index in [0.717, 1.165) is 21.0 Å². The Morgan fingerprint density at radius 3 is 2.39 bits per heavy atom. The first-order valence-corrected chi connectivity index (χ1v) is 11.0. The second kappa shape index (κ2) is 10.0. The molecular weight excluding hydrogens is 436 g/mol. The minimum atomic E-state index is -0.359. The molecule has 0 aliphatic rings. The van der Waals surface area contributed by atoms with Gasteiger partial charge in [-0.3, -0.25) is 19.8 Å². The summed E-state index contributed by atoms with van der Waals surface area (Å²) in [5.41, 5.74) is 2.78. The number of amides is 3. The van der Waals surface area contributed by atoms with Crippen LogP contribution < -0.4 is 16.0 Å². The van der Waals surface area contributed by atoms with Crippen LogP contribution in [-0.2, 0) is 7.05 Å². The maximum absolute atomic E-state index is 12.5. The van der Waals surface area contributed by atoms with Gasteiger partial charge < -0.3 is 10.6 Å². The van der Waals surface area contributed by atoms with Crippen molar-refractivity contribution in [3.63, 3.8) is 0 Å². The van der Waals surface area contributed by atoms with Crippen LogP contribution in [0.15, 0.2) is 88.8 Å². The summed E-state index contributed by atoms with van der Waals surface area (Å²) in [7, 11) is 3.35. The number of nitrogens with one attached hydrogen (secondary N) is 3. The lowest BCUT2D eigenvalue weighted by molar-refractivity contribution is 0.0958. The van der Waals surface area contributed by atoms with E-state index in [1.807, 2.05) is 66.7 Å². The first-order valence-electron chi connectivity index (χ1n) is 10.2. The van der Waals surface area contributed by atoms with Gasteiger partial charge >= 0.3 is 6.03 Å². The van der Waals surface area contributed by atoms with Crippen LogP contribution in [-0.4, -0.2) is 33.8 Å². The Bertz CT molecular complexity index is 1270. The summed E-state index contributed by atoms with van der Waals surface area (Å²) in [6.07, 6.45) is 1.61. The van der Waals surface area contributed by atoms with E-state index in [1.165, 1.54) is 11.8 Å². The number of benzene rings is 2. The molecule has 9 heteroatoms. The molecular formula is C24H22N6O2S. The van der Waals surface area contributed by atoms with E-state index in [-0.39, 0.29) is 11.9 Å². The lowest BCUT2D eigenvalue weighted by Crippen LogP contribution is -2.20. The monoisotopic (exact) mass is 458 g/mol. The van der Waals surface area contributed by atoms with Crippen molar-refractivity contribution < 1.29 is 9.59 Å². The Morgan fingerprint density at radius 1 is 0.909 bits per heavy atom. The molecule has 0 fully saturated rings. The van der Waals surface area contributed by atoms with E-state index < -0.39 is 0 Å². The van der Waals surface area contributed by atoms with E-state index >= 15 is 0 Å². The smallest absolute Gasteiger partial charge is 0.324 e. The minimum absolute atomic E-state index is 0.229. The molecule has 2 aromatic heterocycles. The zero-order valence-electron chi connectivity index (χ0n) is 18.1. The van der Waals surface area contributed by atoms with Crippen molar-refractivity contribution in [1.29, 1.82) is 0 Å². The van der Waals surface area contributed by atoms with Crippen molar-refractivity contribution in [2.75, 3.05) is 17.7 Å². The second-order valence-corrected chi connectivity index (χ2v) is 8.21. The van der Waals surface area contributed by atoms with Crippen LogP contribution in [0.3, 0.4) is 0 Å². The SMILES string of the molecule is CNC(=O)c1cc(Sc2ccc(NC(=O)Nc3cc(-c4ccccc4)nn3C)cc2)ccn1. The van der Waals surface area contributed by atoms with Gasteiger partial charge in [-0.2, -0.15) is 5.10 Å². The molecule has 0 atom stereocenters. The van der Waals surface area contributed by atoms with Gasteiger partial charge in [0.25, 0.3) is 5.91 Å². The van der Waals surface area contributed by atoms with Gasteiger partial charge in [0.2, 0.25) is 0 Å². The molecule has 4 rings (SSSR count). The number of aryl methyl sites for hydroxylation is 1. The molecule has 0 spiro atoms. The van der Waals surface area contributed by atoms with Crippen LogP contribution in [0, 0.1) is 0 Å². The molecule has 0 radical (unpaired) electrons. The van der Waals surface area contributed by atoms with Gasteiger partial charge in [0.1, 0.15) is 11.5 Å². The second-order valence-electron chi connectivity index (χ2n) is 7.07. The third-order valence-corrected chi connectivity index (χ3v) is 5.73. The highest BCUT2D eigenvalue weighted by atomic mass is 32.2. The summed E-state index contributed by atoms with van der Waals surface area (Å²) < 4.78 is 1.63. The third-order valence-electron chi connectivity index (χ3n) is 4.73. The van der Waals surface area contributed by atoms with Crippen molar-refractivity contribution in [2.45, 2.75) is 9.79 Å². The van der Waals surface area contributed by atoms with Gasteiger partial charge in [-0.1, -0.05) is 42.1 Å². The highest BCUT2D eigenvalue weighted by Crippen LogP contribution is 2.29. The fourth-order valence-electron chi connectivity index (χ4n) is 3.08. The molecule has 166 valence electrons. The largest absolute Gasteiger partial charge is 0.354 e. The van der Waals surface area contributed by atoms with E-state index in [0.29, 0.717) is 17.2 Å². The normalized spacial score (nSPS) is 10.5. The van der Waals surface area contributed by atoms with Gasteiger partial charge in [-0.05, 0) is 36.4 Å². The van der Waals surface area contributed by atoms with E-state index in [1.54, 1.807) is 31.0 Å². The lowest BCUT2D eigenvalue weighted by Gasteiger charge is -2.08. The number of carbonyl (C=O) groups excluding carboxylic acids is 2. The topological polar surface area (TPSA) is 101 Å². The van der Waals surface area contributed by atoms with Gasteiger partial charge in [0, 0.05) is 47.4 Å². The van der Waals surface area contributed by atoms with Crippen LogP contribution in [0.1, 0.15) is 10.5 Å². The molecule has 2 heterocycles. The predicted octanol–water partition coefficient (Wildman–Crippen LogP) is 4.64. The number of hydrogen-bond donors (Lipinski definition) is 3. The number of hydrogen-bond acceptors (Lipinski definition) is 5. The van der Waals surface area contributed by atoms with Gasteiger partial charge in [0.15, 0.2) is 0 Å². The summed E-state index contributed by atoms with van der Waals surface area (Å²) in [4.78, 5) is 30.2. The maximum atomic E-state index is 12.5. The first kappa shape index (κ1) is 22.1. The minimum Gasteiger partial charge on any atom is -0.354 e. The molecule has 0 saturated heterocycles. The Labute approximate surface area is 195 Å². The van der Waals surface area contributed by atoms with Crippen molar-refractivity contribution in [3.05, 3.63) is 84.7 Å². The summed E-state index contributed by atoms with van der Waals surface area (Å²) in [6.45, 7) is 0. The van der Waals surface area contributed by atoms with Crippen LogP contribution in [0.25, 0.3) is 11.3 Å². The lowest BCUT2D eigenvalue weighted by atomic mass is 10.2. The molecule has 2 aromatic carbocycles. The van der Waals surface area contributed by atoms with Gasteiger partial charge in [-0.25, -0.2) is 4.79 Å². The highest BCUT2D eigenvalue weighted by molar-refractivity contribution is 7.99. The molecule has 0 aliphatic carbocycles. The molecule has 3 N–H and O–H groups in total. The standard InChI is InChI=1S/C24H22N6O2S/c1-25-23(31)21-14-19(12-13-26-21)33-18-10-8-17(9-11-18)27-24(32)28-22-15-20(29-30(22)2)16-6-4-3-5-7-16/h3-15H,1-2H3,(H,25,31)(H2,27,28,32).